The number of hydrogen-bond acceptors (Lipinski definition) is 4. The van der Waals surface area contributed by atoms with E-state index < -0.39 is 5.97 Å². The number of hydrogen-bond donors (Lipinski definition) is 1. The predicted molar refractivity (Wildman–Crippen MR) is 48.0 cm³/mol. The molecular weight excluding hydrogens is 176 g/mol. The Hall–Kier alpha value is -1.10. The Kier molecular flexibility index (Phi) is 2.65. The molecule has 0 atom stereocenters. The number of aromatic carboxylic acids is 1. The molecule has 4 nitrogen and oxygen atoms in total. The molecule has 1 rings (SSSR count). The number of anilines is 1. The van der Waals surface area contributed by atoms with Gasteiger partial charge in [0.1, 0.15) is 5.00 Å². The lowest BCUT2D eigenvalue weighted by Gasteiger charge is -2.11. The molecule has 0 fully saturated rings. The minimum absolute atomic E-state index is 0.121. The summed E-state index contributed by atoms with van der Waals surface area (Å²) >= 11 is 1.21. The standard InChI is InChI=1S/C7H10N2O2S/c1-3-9(2)6-4-5(7(10)11)8-12-6/h4H,3H2,1-2H3,(H,10,11). The quantitative estimate of drug-likeness (QED) is 0.773. The number of carboxylic acids is 1. The zero-order valence-electron chi connectivity index (χ0n) is 6.94. The molecule has 1 heterocycles. The van der Waals surface area contributed by atoms with Crippen LogP contribution >= 0.6 is 11.5 Å². The number of rotatable bonds is 3. The van der Waals surface area contributed by atoms with Crippen LogP contribution < -0.4 is 4.90 Å². The van der Waals surface area contributed by atoms with E-state index in [2.05, 4.69) is 4.37 Å². The van der Waals surface area contributed by atoms with Crippen LogP contribution in [-0.2, 0) is 0 Å². The molecule has 0 radical (unpaired) electrons. The molecular formula is C7H10N2O2S. The van der Waals surface area contributed by atoms with Crippen molar-refractivity contribution in [2.45, 2.75) is 6.92 Å². The van der Waals surface area contributed by atoms with E-state index in [1.807, 2.05) is 18.9 Å². The molecule has 0 saturated carbocycles. The molecule has 0 aliphatic carbocycles. The van der Waals surface area contributed by atoms with E-state index in [-0.39, 0.29) is 5.69 Å². The first-order chi connectivity index (χ1) is 5.65. The molecule has 0 aliphatic rings. The maximum Gasteiger partial charge on any atom is 0.355 e. The van der Waals surface area contributed by atoms with Crippen LogP contribution in [0.15, 0.2) is 6.07 Å². The van der Waals surface area contributed by atoms with E-state index in [1.165, 1.54) is 11.5 Å². The number of aromatic nitrogens is 1. The van der Waals surface area contributed by atoms with Gasteiger partial charge in [0, 0.05) is 19.7 Å². The molecule has 0 spiro atoms. The van der Waals surface area contributed by atoms with Crippen LogP contribution in [-0.4, -0.2) is 29.0 Å². The molecule has 1 aromatic rings. The minimum Gasteiger partial charge on any atom is -0.476 e. The van der Waals surface area contributed by atoms with Gasteiger partial charge in [-0.05, 0) is 18.5 Å². The summed E-state index contributed by atoms with van der Waals surface area (Å²) in [6.07, 6.45) is 0. The molecule has 1 aromatic heterocycles. The summed E-state index contributed by atoms with van der Waals surface area (Å²) in [5.41, 5.74) is 0.121. The van der Waals surface area contributed by atoms with Gasteiger partial charge in [0.15, 0.2) is 5.69 Å². The van der Waals surface area contributed by atoms with Crippen molar-refractivity contribution in [1.82, 2.24) is 4.37 Å². The lowest BCUT2D eigenvalue weighted by Crippen LogP contribution is -2.14. The van der Waals surface area contributed by atoms with E-state index in [0.29, 0.717) is 0 Å². The van der Waals surface area contributed by atoms with Crippen molar-refractivity contribution in [3.05, 3.63) is 11.8 Å². The zero-order chi connectivity index (χ0) is 9.14. The van der Waals surface area contributed by atoms with Crippen molar-refractivity contribution >= 4 is 22.5 Å². The van der Waals surface area contributed by atoms with E-state index in [0.717, 1.165) is 11.5 Å². The van der Waals surface area contributed by atoms with E-state index in [9.17, 15) is 4.79 Å². The Morgan fingerprint density at radius 2 is 2.50 bits per heavy atom. The van der Waals surface area contributed by atoms with Gasteiger partial charge in [-0.2, -0.15) is 4.37 Å². The highest BCUT2D eigenvalue weighted by molar-refractivity contribution is 7.10. The largest absolute Gasteiger partial charge is 0.476 e. The van der Waals surface area contributed by atoms with E-state index in [1.54, 1.807) is 6.07 Å². The van der Waals surface area contributed by atoms with Crippen LogP contribution in [0.4, 0.5) is 5.00 Å². The monoisotopic (exact) mass is 186 g/mol. The van der Waals surface area contributed by atoms with Crippen molar-refractivity contribution in [3.8, 4) is 0 Å². The van der Waals surface area contributed by atoms with Crippen LogP contribution in [0.5, 0.6) is 0 Å². The normalized spacial score (nSPS) is 9.83. The molecule has 66 valence electrons. The number of nitrogens with zero attached hydrogens (tertiary/aromatic N) is 2. The van der Waals surface area contributed by atoms with Gasteiger partial charge in [0.05, 0.1) is 0 Å². The lowest BCUT2D eigenvalue weighted by molar-refractivity contribution is 0.0692. The average Bonchev–Trinajstić information content (AvgIpc) is 2.51. The third-order valence-electron chi connectivity index (χ3n) is 1.57. The molecule has 12 heavy (non-hydrogen) atoms. The molecule has 1 N–H and O–H groups in total. The Morgan fingerprint density at radius 3 is 2.92 bits per heavy atom. The Labute approximate surface area is 74.6 Å². The highest BCUT2D eigenvalue weighted by Gasteiger charge is 2.09. The Bertz CT molecular complexity index is 285. The minimum atomic E-state index is -0.970. The van der Waals surface area contributed by atoms with Gasteiger partial charge < -0.3 is 10.0 Å². The third-order valence-corrected chi connectivity index (χ3v) is 2.47. The average molecular weight is 186 g/mol. The summed E-state index contributed by atoms with van der Waals surface area (Å²) in [5, 5.41) is 9.46. The van der Waals surface area contributed by atoms with Crippen LogP contribution in [0.1, 0.15) is 17.4 Å². The zero-order valence-corrected chi connectivity index (χ0v) is 7.76. The Balaban J connectivity index is 2.84. The first-order valence-electron chi connectivity index (χ1n) is 3.56. The predicted octanol–water partition coefficient (Wildman–Crippen LogP) is 1.30. The van der Waals surface area contributed by atoms with Gasteiger partial charge in [-0.15, -0.1) is 0 Å². The summed E-state index contributed by atoms with van der Waals surface area (Å²) in [5.74, 6) is -0.970. The van der Waals surface area contributed by atoms with Crippen molar-refractivity contribution < 1.29 is 9.90 Å². The maximum atomic E-state index is 10.5. The van der Waals surface area contributed by atoms with E-state index in [4.69, 9.17) is 5.11 Å². The first kappa shape index (κ1) is 8.99. The second-order valence-electron chi connectivity index (χ2n) is 2.37. The van der Waals surface area contributed by atoms with Crippen molar-refractivity contribution in [3.63, 3.8) is 0 Å². The number of carbonyl (C=O) groups is 1. The summed E-state index contributed by atoms with van der Waals surface area (Å²) in [6.45, 7) is 2.85. The molecule has 0 bridgehead atoms. The third kappa shape index (κ3) is 1.73. The number of carboxylic acid groups (broad SMARTS) is 1. The molecule has 0 saturated heterocycles. The van der Waals surface area contributed by atoms with Crippen molar-refractivity contribution in [1.29, 1.82) is 0 Å². The van der Waals surface area contributed by atoms with Gasteiger partial charge in [0.2, 0.25) is 0 Å². The lowest BCUT2D eigenvalue weighted by atomic mass is 10.4. The molecule has 0 amide bonds. The van der Waals surface area contributed by atoms with Gasteiger partial charge in [-0.3, -0.25) is 0 Å². The molecule has 0 aromatic carbocycles. The second-order valence-corrected chi connectivity index (χ2v) is 3.15. The molecule has 0 unspecified atom stereocenters. The van der Waals surface area contributed by atoms with Crippen molar-refractivity contribution in [2.24, 2.45) is 0 Å². The summed E-state index contributed by atoms with van der Waals surface area (Å²) in [6, 6.07) is 1.58. The smallest absolute Gasteiger partial charge is 0.355 e. The van der Waals surface area contributed by atoms with Gasteiger partial charge in [0.25, 0.3) is 0 Å². The topological polar surface area (TPSA) is 53.4 Å². The maximum absolute atomic E-state index is 10.5. The van der Waals surface area contributed by atoms with Gasteiger partial charge in [-0.25, -0.2) is 4.79 Å². The van der Waals surface area contributed by atoms with Crippen LogP contribution in [0.3, 0.4) is 0 Å². The van der Waals surface area contributed by atoms with Gasteiger partial charge >= 0.3 is 5.97 Å². The summed E-state index contributed by atoms with van der Waals surface area (Å²) in [7, 11) is 1.90. The SMILES string of the molecule is CCN(C)c1cc(C(=O)O)ns1. The highest BCUT2D eigenvalue weighted by atomic mass is 32.1. The summed E-state index contributed by atoms with van der Waals surface area (Å²) in [4.78, 5) is 12.4. The fourth-order valence-electron chi connectivity index (χ4n) is 0.702. The molecule has 5 heteroatoms. The molecule has 0 aliphatic heterocycles. The summed E-state index contributed by atoms with van der Waals surface area (Å²) < 4.78 is 3.79. The fraction of sp³-hybridized carbons (Fsp3) is 0.429. The fourth-order valence-corrected chi connectivity index (χ4v) is 1.46. The van der Waals surface area contributed by atoms with Crippen LogP contribution in [0.2, 0.25) is 0 Å². The first-order valence-corrected chi connectivity index (χ1v) is 4.33. The van der Waals surface area contributed by atoms with E-state index >= 15 is 0 Å². The van der Waals surface area contributed by atoms with Crippen LogP contribution in [0.25, 0.3) is 0 Å². The van der Waals surface area contributed by atoms with Crippen molar-refractivity contribution in [2.75, 3.05) is 18.5 Å². The van der Waals surface area contributed by atoms with Gasteiger partial charge in [-0.1, -0.05) is 0 Å². The highest BCUT2D eigenvalue weighted by Crippen LogP contribution is 2.19. The second kappa shape index (κ2) is 3.53. The van der Waals surface area contributed by atoms with Crippen LogP contribution in [0, 0.1) is 0 Å². The Morgan fingerprint density at radius 1 is 1.83 bits per heavy atom.